The van der Waals surface area contributed by atoms with Crippen LogP contribution in [-0.2, 0) is 16.3 Å². The number of benzene rings is 2. The third-order valence-corrected chi connectivity index (χ3v) is 7.20. The number of para-hydroxylation sites is 1. The van der Waals surface area contributed by atoms with E-state index in [1.807, 2.05) is 34.7 Å². The van der Waals surface area contributed by atoms with Gasteiger partial charge in [0.2, 0.25) is 9.84 Å². The van der Waals surface area contributed by atoms with Gasteiger partial charge in [0.1, 0.15) is 5.65 Å². The Labute approximate surface area is 185 Å². The highest BCUT2D eigenvalue weighted by atomic mass is 32.2. The van der Waals surface area contributed by atoms with Gasteiger partial charge in [-0.3, -0.25) is 9.78 Å². The van der Waals surface area contributed by atoms with Crippen molar-refractivity contribution in [2.75, 3.05) is 0 Å². The van der Waals surface area contributed by atoms with E-state index < -0.39 is 9.84 Å². The lowest BCUT2D eigenvalue weighted by molar-refractivity contribution is 0.0982. The average molecular weight is 442 g/mol. The van der Waals surface area contributed by atoms with E-state index in [-0.39, 0.29) is 15.6 Å². The number of carbonyl (C=O) groups excluding carboxylic acids is 1. The van der Waals surface area contributed by atoms with Crippen molar-refractivity contribution in [3.05, 3.63) is 103 Å². The van der Waals surface area contributed by atoms with Gasteiger partial charge in [0.05, 0.1) is 15.3 Å². The molecular weight excluding hydrogens is 422 g/mol. The molecule has 5 rings (SSSR count). The number of pyridine rings is 2. The molecule has 0 saturated carbocycles. The molecule has 0 amide bonds. The van der Waals surface area contributed by atoms with Gasteiger partial charge in [-0.2, -0.15) is 0 Å². The lowest BCUT2D eigenvalue weighted by atomic mass is 10.0. The number of hydrogen-bond donors (Lipinski definition) is 0. The maximum Gasteiger partial charge on any atom is 0.208 e. The zero-order valence-corrected chi connectivity index (χ0v) is 17.9. The molecule has 0 bridgehead atoms. The lowest BCUT2D eigenvalue weighted by Gasteiger charge is -2.07. The maximum absolute atomic E-state index is 13.0. The smallest absolute Gasteiger partial charge is 0.208 e. The van der Waals surface area contributed by atoms with Crippen molar-refractivity contribution in [2.24, 2.45) is 0 Å². The van der Waals surface area contributed by atoms with Crippen LogP contribution in [0.15, 0.2) is 101 Å². The van der Waals surface area contributed by atoms with Crippen LogP contribution in [0.2, 0.25) is 0 Å². The van der Waals surface area contributed by atoms with Crippen molar-refractivity contribution < 1.29 is 13.2 Å². The molecule has 32 heavy (non-hydrogen) atoms. The van der Waals surface area contributed by atoms with Gasteiger partial charge in [0, 0.05) is 42.2 Å². The molecular formula is C25H19N3O3S. The molecule has 0 unspecified atom stereocenters. The van der Waals surface area contributed by atoms with Crippen LogP contribution >= 0.6 is 0 Å². The molecule has 0 aliphatic carbocycles. The van der Waals surface area contributed by atoms with Crippen LogP contribution in [0.4, 0.5) is 0 Å². The van der Waals surface area contributed by atoms with Crippen molar-refractivity contribution in [2.45, 2.75) is 22.6 Å². The van der Waals surface area contributed by atoms with Crippen LogP contribution in [0.5, 0.6) is 0 Å². The summed E-state index contributed by atoms with van der Waals surface area (Å²) >= 11 is 0. The predicted molar refractivity (Wildman–Crippen MR) is 121 cm³/mol. The number of hydrogen-bond acceptors (Lipinski definition) is 5. The van der Waals surface area contributed by atoms with Gasteiger partial charge in [-0.05, 0) is 48.4 Å². The molecule has 0 saturated heterocycles. The number of aromatic nitrogens is 3. The number of sulfone groups is 1. The second-order valence-corrected chi connectivity index (χ2v) is 9.49. The SMILES string of the molecule is O=C(CCc1ccc(S(=O)(=O)c2cnc3ccccc3c2)cc1)c1ccc2nccn2c1. The third kappa shape index (κ3) is 3.78. The highest BCUT2D eigenvalue weighted by Crippen LogP contribution is 2.24. The fourth-order valence-electron chi connectivity index (χ4n) is 3.66. The number of nitrogens with zero attached hydrogens (tertiary/aromatic N) is 3. The van der Waals surface area contributed by atoms with E-state index in [0.717, 1.165) is 22.1 Å². The molecule has 5 aromatic rings. The average Bonchev–Trinajstić information content (AvgIpc) is 3.30. The monoisotopic (exact) mass is 441 g/mol. The number of fused-ring (bicyclic) bond motifs is 2. The molecule has 0 aliphatic rings. The van der Waals surface area contributed by atoms with Crippen molar-refractivity contribution >= 4 is 32.2 Å². The minimum Gasteiger partial charge on any atom is -0.306 e. The van der Waals surface area contributed by atoms with Gasteiger partial charge in [-0.15, -0.1) is 0 Å². The topological polar surface area (TPSA) is 81.4 Å². The molecule has 6 nitrogen and oxygen atoms in total. The molecule has 158 valence electrons. The summed E-state index contributed by atoms with van der Waals surface area (Å²) in [7, 11) is -3.67. The van der Waals surface area contributed by atoms with Crippen LogP contribution in [0.1, 0.15) is 22.3 Å². The number of ketones is 1. The molecule has 0 radical (unpaired) electrons. The Kier molecular flexibility index (Phi) is 5.03. The van der Waals surface area contributed by atoms with E-state index in [9.17, 15) is 13.2 Å². The minimum atomic E-state index is -3.67. The molecule has 0 atom stereocenters. The largest absolute Gasteiger partial charge is 0.306 e. The summed E-state index contributed by atoms with van der Waals surface area (Å²) in [6.45, 7) is 0. The zero-order valence-electron chi connectivity index (χ0n) is 17.0. The van der Waals surface area contributed by atoms with Gasteiger partial charge in [0.25, 0.3) is 0 Å². The van der Waals surface area contributed by atoms with E-state index in [2.05, 4.69) is 9.97 Å². The quantitative estimate of drug-likeness (QED) is 0.362. The summed E-state index contributed by atoms with van der Waals surface area (Å²) in [4.78, 5) is 21.4. The molecule has 3 aromatic heterocycles. The second kappa shape index (κ2) is 8.01. The minimum absolute atomic E-state index is 0.0273. The first-order chi connectivity index (χ1) is 15.5. The summed E-state index contributed by atoms with van der Waals surface area (Å²) in [6.07, 6.45) is 7.52. The first-order valence-corrected chi connectivity index (χ1v) is 11.6. The second-order valence-electron chi connectivity index (χ2n) is 7.54. The van der Waals surface area contributed by atoms with Crippen LogP contribution in [0, 0.1) is 0 Å². The highest BCUT2D eigenvalue weighted by molar-refractivity contribution is 7.91. The molecule has 2 aromatic carbocycles. The van der Waals surface area contributed by atoms with Crippen LogP contribution < -0.4 is 0 Å². The summed E-state index contributed by atoms with van der Waals surface area (Å²) in [5.41, 5.74) is 3.06. The number of rotatable bonds is 6. The predicted octanol–water partition coefficient (Wildman–Crippen LogP) is 4.53. The van der Waals surface area contributed by atoms with Gasteiger partial charge in [-0.1, -0.05) is 30.3 Å². The van der Waals surface area contributed by atoms with Crippen molar-refractivity contribution in [3.63, 3.8) is 0 Å². The maximum atomic E-state index is 13.0. The Morgan fingerprint density at radius 1 is 0.906 bits per heavy atom. The van der Waals surface area contributed by atoms with Gasteiger partial charge >= 0.3 is 0 Å². The number of carbonyl (C=O) groups is 1. The Bertz CT molecular complexity index is 1550. The van der Waals surface area contributed by atoms with Crippen LogP contribution in [0.3, 0.4) is 0 Å². The Balaban J connectivity index is 1.31. The fraction of sp³-hybridized carbons (Fsp3) is 0.0800. The fourth-order valence-corrected chi connectivity index (χ4v) is 4.90. The Morgan fingerprint density at radius 2 is 1.72 bits per heavy atom. The highest BCUT2D eigenvalue weighted by Gasteiger charge is 2.18. The van der Waals surface area contributed by atoms with E-state index in [0.29, 0.717) is 18.4 Å². The van der Waals surface area contributed by atoms with Gasteiger partial charge in [-0.25, -0.2) is 13.4 Å². The van der Waals surface area contributed by atoms with E-state index in [1.165, 1.54) is 6.20 Å². The number of imidazole rings is 1. The van der Waals surface area contributed by atoms with E-state index in [4.69, 9.17) is 0 Å². The van der Waals surface area contributed by atoms with E-state index in [1.54, 1.807) is 55.0 Å². The van der Waals surface area contributed by atoms with Crippen molar-refractivity contribution in [1.82, 2.24) is 14.4 Å². The molecule has 7 heteroatoms. The first-order valence-electron chi connectivity index (χ1n) is 10.2. The summed E-state index contributed by atoms with van der Waals surface area (Å²) in [5, 5.41) is 0.776. The molecule has 0 N–H and O–H groups in total. The van der Waals surface area contributed by atoms with Crippen molar-refractivity contribution in [3.8, 4) is 0 Å². The Morgan fingerprint density at radius 3 is 2.56 bits per heavy atom. The van der Waals surface area contributed by atoms with Gasteiger partial charge in [0.15, 0.2) is 5.78 Å². The Hall–Kier alpha value is -3.84. The third-order valence-electron chi connectivity index (χ3n) is 5.46. The first kappa shape index (κ1) is 20.1. The van der Waals surface area contributed by atoms with Gasteiger partial charge < -0.3 is 4.40 Å². The number of Topliss-reactive ketones (excluding diaryl/α,β-unsaturated/α-hetero) is 1. The summed E-state index contributed by atoms with van der Waals surface area (Å²) in [6, 6.07) is 19.3. The lowest BCUT2D eigenvalue weighted by Crippen LogP contribution is -2.04. The summed E-state index contributed by atoms with van der Waals surface area (Å²) < 4.78 is 27.9. The standard InChI is InChI=1S/C25H19N3O3S/c29-24(20-8-12-25-26-13-14-28(25)17-20)11-7-18-5-9-21(10-6-18)32(30,31)22-15-19-3-1-2-4-23(19)27-16-22/h1-6,8-10,12-17H,7,11H2. The summed E-state index contributed by atoms with van der Waals surface area (Å²) in [5.74, 6) is 0.0273. The van der Waals surface area contributed by atoms with Crippen LogP contribution in [0.25, 0.3) is 16.6 Å². The number of aryl methyl sites for hydroxylation is 1. The molecule has 0 spiro atoms. The zero-order chi connectivity index (χ0) is 22.1. The molecule has 3 heterocycles. The normalized spacial score (nSPS) is 11.8. The molecule has 0 fully saturated rings. The van der Waals surface area contributed by atoms with Crippen LogP contribution in [-0.4, -0.2) is 28.6 Å². The van der Waals surface area contributed by atoms with Crippen molar-refractivity contribution in [1.29, 1.82) is 0 Å². The molecule has 0 aliphatic heterocycles. The van der Waals surface area contributed by atoms with E-state index >= 15 is 0 Å².